The summed E-state index contributed by atoms with van der Waals surface area (Å²) >= 11 is 0. The van der Waals surface area contributed by atoms with Gasteiger partial charge in [-0.2, -0.15) is 0 Å². The van der Waals surface area contributed by atoms with E-state index in [-0.39, 0.29) is 5.57 Å². The Hall–Kier alpha value is -2.99. The van der Waals surface area contributed by atoms with Gasteiger partial charge in [0.05, 0.1) is 26.4 Å². The normalized spacial score (nSPS) is 11.4. The number of para-hydroxylation sites is 1. The largest absolute Gasteiger partial charge is 0.497 e. The fourth-order valence-corrected chi connectivity index (χ4v) is 2.71. The lowest BCUT2D eigenvalue weighted by atomic mass is 10.0. The zero-order valence-electron chi connectivity index (χ0n) is 16.8. The number of hydrogen-bond acceptors (Lipinski definition) is 5. The van der Waals surface area contributed by atoms with Crippen molar-refractivity contribution in [2.24, 2.45) is 0 Å². The number of rotatable bonds is 10. The molecule has 0 bridgehead atoms. The summed E-state index contributed by atoms with van der Waals surface area (Å²) in [5.41, 5.74) is 1.39. The lowest BCUT2D eigenvalue weighted by molar-refractivity contribution is -0.130. The maximum atomic E-state index is 11.9. The minimum atomic E-state index is -1.02. The van der Waals surface area contributed by atoms with Gasteiger partial charge in [0.1, 0.15) is 5.75 Å². The van der Waals surface area contributed by atoms with Crippen molar-refractivity contribution in [1.29, 1.82) is 0 Å². The molecular formula is C22H27NO5. The Labute approximate surface area is 166 Å². The molecule has 0 unspecified atom stereocenters. The maximum absolute atomic E-state index is 11.9. The molecule has 0 saturated heterocycles. The molecule has 0 heterocycles. The van der Waals surface area contributed by atoms with Crippen molar-refractivity contribution in [3.63, 3.8) is 0 Å². The summed E-state index contributed by atoms with van der Waals surface area (Å²) in [6.45, 7) is 1.40. The van der Waals surface area contributed by atoms with Gasteiger partial charge < -0.3 is 24.2 Å². The molecule has 0 saturated carbocycles. The van der Waals surface area contributed by atoms with Gasteiger partial charge in [-0.15, -0.1) is 0 Å². The van der Waals surface area contributed by atoms with Crippen molar-refractivity contribution in [1.82, 2.24) is 4.90 Å². The summed E-state index contributed by atoms with van der Waals surface area (Å²) < 4.78 is 16.5. The highest BCUT2D eigenvalue weighted by Crippen LogP contribution is 2.34. The molecule has 0 aromatic heterocycles. The number of nitrogens with zero attached hydrogens (tertiary/aromatic N) is 1. The standard InChI is InChI=1S/C22H27NO5/c1-23(2)13-6-14-28-21-17(7-5-8-20(21)27-4)15-19(22(24)25)16-9-11-18(26-3)12-10-16/h5,7-12,15H,6,13-14H2,1-4H3,(H,24,25)/b19-15-. The Morgan fingerprint density at radius 2 is 1.79 bits per heavy atom. The first-order valence-electron chi connectivity index (χ1n) is 9.00. The zero-order chi connectivity index (χ0) is 20.5. The first-order chi connectivity index (χ1) is 13.5. The third kappa shape index (κ3) is 5.76. The van der Waals surface area contributed by atoms with Crippen molar-refractivity contribution in [2.45, 2.75) is 6.42 Å². The highest BCUT2D eigenvalue weighted by atomic mass is 16.5. The lowest BCUT2D eigenvalue weighted by Gasteiger charge is -2.15. The molecule has 2 aromatic rings. The molecule has 0 aliphatic carbocycles. The highest BCUT2D eigenvalue weighted by molar-refractivity contribution is 6.20. The van der Waals surface area contributed by atoms with Crippen LogP contribution < -0.4 is 14.2 Å². The average Bonchev–Trinajstić information content (AvgIpc) is 2.69. The molecule has 2 rings (SSSR count). The molecule has 0 aliphatic heterocycles. The third-order valence-electron chi connectivity index (χ3n) is 4.16. The summed E-state index contributed by atoms with van der Waals surface area (Å²) in [7, 11) is 7.15. The molecule has 0 radical (unpaired) electrons. The molecule has 0 fully saturated rings. The topological polar surface area (TPSA) is 68.2 Å². The highest BCUT2D eigenvalue weighted by Gasteiger charge is 2.15. The zero-order valence-corrected chi connectivity index (χ0v) is 16.8. The molecule has 6 nitrogen and oxygen atoms in total. The van der Waals surface area contributed by atoms with E-state index in [1.807, 2.05) is 26.2 Å². The Balaban J connectivity index is 2.37. The Bertz CT molecular complexity index is 812. The van der Waals surface area contributed by atoms with Crippen LogP contribution in [0.5, 0.6) is 17.2 Å². The number of methoxy groups -OCH3 is 2. The Morgan fingerprint density at radius 3 is 2.36 bits per heavy atom. The molecule has 0 atom stereocenters. The SMILES string of the molecule is COc1ccc(/C(=C/c2cccc(OC)c2OCCCN(C)C)C(=O)O)cc1. The monoisotopic (exact) mass is 385 g/mol. The predicted octanol–water partition coefficient (Wildman–Crippen LogP) is 3.66. The van der Waals surface area contributed by atoms with Crippen LogP contribution in [0.4, 0.5) is 0 Å². The molecule has 1 N–H and O–H groups in total. The quantitative estimate of drug-likeness (QED) is 0.382. The van der Waals surface area contributed by atoms with E-state index in [0.29, 0.717) is 35.0 Å². The van der Waals surface area contributed by atoms with E-state index in [2.05, 4.69) is 4.90 Å². The molecule has 2 aromatic carbocycles. The van der Waals surface area contributed by atoms with Crippen molar-refractivity contribution in [3.05, 3.63) is 53.6 Å². The van der Waals surface area contributed by atoms with E-state index in [1.165, 1.54) is 0 Å². The van der Waals surface area contributed by atoms with E-state index < -0.39 is 5.97 Å². The van der Waals surface area contributed by atoms with E-state index in [1.54, 1.807) is 50.6 Å². The van der Waals surface area contributed by atoms with E-state index in [4.69, 9.17) is 14.2 Å². The molecular weight excluding hydrogens is 358 g/mol. The van der Waals surface area contributed by atoms with Gasteiger partial charge in [-0.3, -0.25) is 0 Å². The van der Waals surface area contributed by atoms with Gasteiger partial charge >= 0.3 is 5.97 Å². The summed E-state index contributed by atoms with van der Waals surface area (Å²) in [6, 6.07) is 12.3. The Morgan fingerprint density at radius 1 is 1.07 bits per heavy atom. The van der Waals surface area contributed by atoms with Gasteiger partial charge in [0.2, 0.25) is 0 Å². The van der Waals surface area contributed by atoms with Crippen molar-refractivity contribution < 1.29 is 24.1 Å². The number of carboxylic acid groups (broad SMARTS) is 1. The molecule has 150 valence electrons. The van der Waals surface area contributed by atoms with E-state index >= 15 is 0 Å². The van der Waals surface area contributed by atoms with Crippen LogP contribution in [-0.4, -0.2) is 57.4 Å². The minimum Gasteiger partial charge on any atom is -0.497 e. The van der Waals surface area contributed by atoms with Crippen LogP contribution in [0.3, 0.4) is 0 Å². The molecule has 0 aliphatic rings. The van der Waals surface area contributed by atoms with Crippen LogP contribution in [0.2, 0.25) is 0 Å². The van der Waals surface area contributed by atoms with E-state index in [0.717, 1.165) is 13.0 Å². The molecule has 28 heavy (non-hydrogen) atoms. The van der Waals surface area contributed by atoms with Gasteiger partial charge in [-0.25, -0.2) is 4.79 Å². The maximum Gasteiger partial charge on any atom is 0.336 e. The minimum absolute atomic E-state index is 0.161. The fourth-order valence-electron chi connectivity index (χ4n) is 2.71. The van der Waals surface area contributed by atoms with Gasteiger partial charge in [0.15, 0.2) is 11.5 Å². The number of ether oxygens (including phenoxy) is 3. The van der Waals surface area contributed by atoms with Gasteiger partial charge in [0, 0.05) is 12.1 Å². The summed E-state index contributed by atoms with van der Waals surface area (Å²) in [5.74, 6) is 0.750. The number of hydrogen-bond donors (Lipinski definition) is 1. The third-order valence-corrected chi connectivity index (χ3v) is 4.16. The fraction of sp³-hybridized carbons (Fsp3) is 0.318. The van der Waals surface area contributed by atoms with Crippen molar-refractivity contribution in [3.8, 4) is 17.2 Å². The summed E-state index contributed by atoms with van der Waals surface area (Å²) in [4.78, 5) is 14.0. The van der Waals surface area contributed by atoms with Crippen LogP contribution in [-0.2, 0) is 4.79 Å². The van der Waals surface area contributed by atoms with Gasteiger partial charge in [-0.05, 0) is 50.4 Å². The first-order valence-corrected chi connectivity index (χ1v) is 9.00. The second kappa shape index (κ2) is 10.4. The molecule has 6 heteroatoms. The number of aliphatic carboxylic acids is 1. The predicted molar refractivity (Wildman–Crippen MR) is 110 cm³/mol. The first kappa shape index (κ1) is 21.3. The van der Waals surface area contributed by atoms with Crippen molar-refractivity contribution in [2.75, 3.05) is 41.5 Å². The lowest BCUT2D eigenvalue weighted by Crippen LogP contribution is -2.15. The van der Waals surface area contributed by atoms with Crippen LogP contribution in [0.25, 0.3) is 11.6 Å². The van der Waals surface area contributed by atoms with Gasteiger partial charge in [0.25, 0.3) is 0 Å². The molecule has 0 spiro atoms. The number of carboxylic acids is 1. The van der Waals surface area contributed by atoms with Crippen molar-refractivity contribution >= 4 is 17.6 Å². The van der Waals surface area contributed by atoms with Crippen LogP contribution in [0, 0.1) is 0 Å². The van der Waals surface area contributed by atoms with E-state index in [9.17, 15) is 9.90 Å². The Kier molecular flexibility index (Phi) is 7.89. The number of carbonyl (C=O) groups is 1. The average molecular weight is 385 g/mol. The number of benzene rings is 2. The second-order valence-corrected chi connectivity index (χ2v) is 6.48. The van der Waals surface area contributed by atoms with Crippen LogP contribution in [0.15, 0.2) is 42.5 Å². The summed E-state index contributed by atoms with van der Waals surface area (Å²) in [5, 5.41) is 9.73. The van der Waals surface area contributed by atoms with Gasteiger partial charge in [-0.1, -0.05) is 24.3 Å². The smallest absolute Gasteiger partial charge is 0.336 e. The molecule has 0 amide bonds. The van der Waals surface area contributed by atoms with Crippen LogP contribution in [0.1, 0.15) is 17.5 Å². The summed E-state index contributed by atoms with van der Waals surface area (Å²) in [6.07, 6.45) is 2.45. The second-order valence-electron chi connectivity index (χ2n) is 6.48. The van der Waals surface area contributed by atoms with Crippen LogP contribution >= 0.6 is 0 Å².